The third-order valence-electron chi connectivity index (χ3n) is 1.98. The molecule has 1 aromatic rings. The smallest absolute Gasteiger partial charge is 0.416 e. The number of nitriles is 1. The summed E-state index contributed by atoms with van der Waals surface area (Å²) in [5.74, 6) is -0.0990. The second-order valence-corrected chi connectivity index (χ2v) is 3.35. The van der Waals surface area contributed by atoms with Crippen molar-refractivity contribution >= 4 is 11.6 Å². The Hall–Kier alpha value is -1.41. The third kappa shape index (κ3) is 2.39. The van der Waals surface area contributed by atoms with Gasteiger partial charge < -0.3 is 4.74 Å². The Bertz CT molecular complexity index is 437. The first kappa shape index (κ1) is 12.7. The molecule has 16 heavy (non-hydrogen) atoms. The summed E-state index contributed by atoms with van der Waals surface area (Å²) in [6, 6.07) is 3.61. The van der Waals surface area contributed by atoms with Gasteiger partial charge in [-0.25, -0.2) is 0 Å². The van der Waals surface area contributed by atoms with E-state index in [2.05, 4.69) is 0 Å². The van der Waals surface area contributed by atoms with Gasteiger partial charge in [0.2, 0.25) is 0 Å². The van der Waals surface area contributed by atoms with Crippen LogP contribution in [0.2, 0.25) is 5.02 Å². The summed E-state index contributed by atoms with van der Waals surface area (Å²) in [6.45, 7) is 0. The normalized spacial score (nSPS) is 11.0. The van der Waals surface area contributed by atoms with E-state index in [9.17, 15) is 13.2 Å². The van der Waals surface area contributed by atoms with Gasteiger partial charge >= 0.3 is 6.18 Å². The predicted molar refractivity (Wildman–Crippen MR) is 52.3 cm³/mol. The van der Waals surface area contributed by atoms with Crippen molar-refractivity contribution < 1.29 is 17.9 Å². The van der Waals surface area contributed by atoms with Gasteiger partial charge in [-0.2, -0.15) is 18.4 Å². The molecular weight excluding hydrogens is 243 g/mol. The van der Waals surface area contributed by atoms with Gasteiger partial charge in [-0.05, 0) is 12.1 Å². The summed E-state index contributed by atoms with van der Waals surface area (Å²) in [5, 5.41) is 8.56. The van der Waals surface area contributed by atoms with E-state index in [1.54, 1.807) is 6.07 Å². The van der Waals surface area contributed by atoms with Crippen molar-refractivity contribution in [2.75, 3.05) is 7.11 Å². The van der Waals surface area contributed by atoms with Crippen LogP contribution in [-0.2, 0) is 12.6 Å². The first-order valence-corrected chi connectivity index (χ1v) is 4.59. The number of methoxy groups -OCH3 is 1. The van der Waals surface area contributed by atoms with Gasteiger partial charge in [0.05, 0.1) is 30.2 Å². The van der Waals surface area contributed by atoms with Crippen LogP contribution in [0, 0.1) is 11.3 Å². The predicted octanol–water partition coefficient (Wildman–Crippen LogP) is 3.43. The molecule has 0 bridgehead atoms. The van der Waals surface area contributed by atoms with Gasteiger partial charge in [0.15, 0.2) is 0 Å². The van der Waals surface area contributed by atoms with E-state index in [0.717, 1.165) is 12.1 Å². The lowest BCUT2D eigenvalue weighted by Crippen LogP contribution is -2.10. The standard InChI is InChI=1S/C10H7ClF3NO/c1-16-9-6(4-5-15)7(10(12,13)14)2-3-8(9)11/h2-3H,4H2,1H3. The fourth-order valence-electron chi connectivity index (χ4n) is 1.34. The van der Waals surface area contributed by atoms with Crippen molar-refractivity contribution in [2.24, 2.45) is 0 Å². The highest BCUT2D eigenvalue weighted by Gasteiger charge is 2.35. The Balaban J connectivity index is 3.46. The molecule has 0 fully saturated rings. The first-order valence-electron chi connectivity index (χ1n) is 4.21. The number of ether oxygens (including phenoxy) is 1. The second-order valence-electron chi connectivity index (χ2n) is 2.94. The Kier molecular flexibility index (Phi) is 3.66. The van der Waals surface area contributed by atoms with Gasteiger partial charge in [-0.1, -0.05) is 11.6 Å². The van der Waals surface area contributed by atoms with Gasteiger partial charge in [-0.3, -0.25) is 0 Å². The van der Waals surface area contributed by atoms with Crippen molar-refractivity contribution in [3.05, 3.63) is 28.3 Å². The lowest BCUT2D eigenvalue weighted by atomic mass is 10.0. The molecule has 0 radical (unpaired) electrons. The van der Waals surface area contributed by atoms with E-state index in [1.165, 1.54) is 7.11 Å². The summed E-state index contributed by atoms with van der Waals surface area (Å²) in [4.78, 5) is 0. The maximum atomic E-state index is 12.6. The fraction of sp³-hybridized carbons (Fsp3) is 0.300. The van der Waals surface area contributed by atoms with E-state index >= 15 is 0 Å². The number of benzene rings is 1. The fourth-order valence-corrected chi connectivity index (χ4v) is 1.59. The molecule has 1 aromatic carbocycles. The number of hydrogen-bond acceptors (Lipinski definition) is 2. The van der Waals surface area contributed by atoms with Crippen molar-refractivity contribution in [1.29, 1.82) is 5.26 Å². The molecule has 2 nitrogen and oxygen atoms in total. The summed E-state index contributed by atoms with van der Waals surface area (Å²) in [6.07, 6.45) is -4.93. The number of alkyl halides is 3. The number of nitrogens with zero attached hydrogens (tertiary/aromatic N) is 1. The highest BCUT2D eigenvalue weighted by molar-refractivity contribution is 6.32. The highest BCUT2D eigenvalue weighted by Crippen LogP contribution is 2.39. The molecule has 0 spiro atoms. The van der Waals surface area contributed by atoms with Crippen LogP contribution in [0.3, 0.4) is 0 Å². The average molecular weight is 250 g/mol. The Morgan fingerprint density at radius 3 is 2.50 bits per heavy atom. The molecule has 0 aliphatic rings. The molecule has 0 aliphatic carbocycles. The molecule has 0 aromatic heterocycles. The van der Waals surface area contributed by atoms with Crippen LogP contribution in [0.1, 0.15) is 11.1 Å². The molecule has 0 atom stereocenters. The second kappa shape index (κ2) is 4.62. The van der Waals surface area contributed by atoms with Crippen LogP contribution < -0.4 is 4.74 Å². The lowest BCUT2D eigenvalue weighted by molar-refractivity contribution is -0.138. The Morgan fingerprint density at radius 2 is 2.06 bits per heavy atom. The van der Waals surface area contributed by atoms with Crippen molar-refractivity contribution in [3.63, 3.8) is 0 Å². The van der Waals surface area contributed by atoms with E-state index in [4.69, 9.17) is 21.6 Å². The molecular formula is C10H7ClF3NO. The van der Waals surface area contributed by atoms with Gasteiger partial charge in [0, 0.05) is 5.56 Å². The van der Waals surface area contributed by atoms with Gasteiger partial charge in [-0.15, -0.1) is 0 Å². The maximum absolute atomic E-state index is 12.6. The van der Waals surface area contributed by atoms with Gasteiger partial charge in [0.1, 0.15) is 5.75 Å². The highest BCUT2D eigenvalue weighted by atomic mass is 35.5. The molecule has 0 unspecified atom stereocenters. The largest absolute Gasteiger partial charge is 0.495 e. The Morgan fingerprint density at radius 1 is 1.44 bits per heavy atom. The van der Waals surface area contributed by atoms with Crippen LogP contribution in [0.5, 0.6) is 5.75 Å². The molecule has 6 heteroatoms. The molecule has 0 amide bonds. The van der Waals surface area contributed by atoms with Crippen molar-refractivity contribution in [2.45, 2.75) is 12.6 Å². The van der Waals surface area contributed by atoms with Crippen molar-refractivity contribution in [1.82, 2.24) is 0 Å². The molecule has 0 saturated heterocycles. The number of rotatable bonds is 2. The monoisotopic (exact) mass is 249 g/mol. The molecule has 1 rings (SSSR count). The molecule has 0 heterocycles. The van der Waals surface area contributed by atoms with E-state index in [0.29, 0.717) is 0 Å². The van der Waals surface area contributed by atoms with E-state index in [1.807, 2.05) is 0 Å². The van der Waals surface area contributed by atoms with E-state index in [-0.39, 0.29) is 16.3 Å². The average Bonchev–Trinajstić information content (AvgIpc) is 2.16. The quantitative estimate of drug-likeness (QED) is 0.804. The zero-order valence-corrected chi connectivity index (χ0v) is 8.99. The molecule has 86 valence electrons. The minimum atomic E-state index is -4.52. The Labute approximate surface area is 95.2 Å². The lowest BCUT2D eigenvalue weighted by Gasteiger charge is -2.15. The molecule has 0 saturated carbocycles. The molecule has 0 N–H and O–H groups in total. The topological polar surface area (TPSA) is 33.0 Å². The minimum absolute atomic E-state index is 0.0563. The van der Waals surface area contributed by atoms with Crippen LogP contribution in [-0.4, -0.2) is 7.11 Å². The van der Waals surface area contributed by atoms with Gasteiger partial charge in [0.25, 0.3) is 0 Å². The van der Waals surface area contributed by atoms with Crippen molar-refractivity contribution in [3.8, 4) is 11.8 Å². The van der Waals surface area contributed by atoms with Crippen LogP contribution in [0.15, 0.2) is 12.1 Å². The molecule has 0 aliphatic heterocycles. The van der Waals surface area contributed by atoms with Crippen LogP contribution in [0.25, 0.3) is 0 Å². The summed E-state index contributed by atoms with van der Waals surface area (Å²) >= 11 is 5.69. The van der Waals surface area contributed by atoms with E-state index < -0.39 is 18.2 Å². The number of hydrogen-bond donors (Lipinski definition) is 0. The zero-order chi connectivity index (χ0) is 12.3. The summed E-state index contributed by atoms with van der Waals surface area (Å²) in [7, 11) is 1.21. The van der Waals surface area contributed by atoms with Crippen LogP contribution >= 0.6 is 11.6 Å². The maximum Gasteiger partial charge on any atom is 0.416 e. The first-order chi connectivity index (χ1) is 7.41. The number of halogens is 4. The zero-order valence-electron chi connectivity index (χ0n) is 8.23. The van der Waals surface area contributed by atoms with Crippen LogP contribution in [0.4, 0.5) is 13.2 Å². The third-order valence-corrected chi connectivity index (χ3v) is 2.28. The summed E-state index contributed by atoms with van der Waals surface area (Å²) in [5.41, 5.74) is -1.12. The SMILES string of the molecule is COc1c(Cl)ccc(C(F)(F)F)c1CC#N. The minimum Gasteiger partial charge on any atom is -0.495 e. The summed E-state index contributed by atoms with van der Waals surface area (Å²) < 4.78 is 42.6.